The van der Waals surface area contributed by atoms with Crippen LogP contribution in [0, 0.1) is 18.8 Å². The minimum atomic E-state index is 0.0116. The number of piperidine rings is 1. The van der Waals surface area contributed by atoms with Crippen LogP contribution in [-0.4, -0.2) is 78.1 Å². The highest BCUT2D eigenvalue weighted by atomic mass is 16.2. The number of hydrogen-bond acceptors (Lipinski definition) is 4. The van der Waals surface area contributed by atoms with E-state index in [2.05, 4.69) is 18.7 Å². The summed E-state index contributed by atoms with van der Waals surface area (Å²) in [7, 11) is 0. The minimum Gasteiger partial charge on any atom is -0.341 e. The quantitative estimate of drug-likeness (QED) is 0.673. The first-order valence-electron chi connectivity index (χ1n) is 11.2. The van der Waals surface area contributed by atoms with Crippen molar-refractivity contribution in [3.8, 4) is 0 Å². The zero-order chi connectivity index (χ0) is 21.7. The van der Waals surface area contributed by atoms with Crippen molar-refractivity contribution in [1.29, 1.82) is 0 Å². The molecular formula is C24H35N3O3. The van der Waals surface area contributed by atoms with Gasteiger partial charge >= 0.3 is 0 Å². The molecule has 0 aromatic heterocycles. The second kappa shape index (κ2) is 10.2. The third kappa shape index (κ3) is 6.14. The second-order valence-corrected chi connectivity index (χ2v) is 9.19. The Balaban J connectivity index is 1.39. The van der Waals surface area contributed by atoms with Crippen molar-refractivity contribution < 1.29 is 14.4 Å². The predicted molar refractivity (Wildman–Crippen MR) is 117 cm³/mol. The molecule has 0 saturated carbocycles. The van der Waals surface area contributed by atoms with Crippen LogP contribution in [0.25, 0.3) is 0 Å². The smallest absolute Gasteiger partial charge is 0.236 e. The SMILES string of the molecule is Cc1ccc(C(=O)CCC(=O)N2CCN(CC(=O)N3CC(C)CC(C)C3)CC2)cc1. The molecule has 0 radical (unpaired) electrons. The Morgan fingerprint density at radius 2 is 1.43 bits per heavy atom. The highest BCUT2D eigenvalue weighted by molar-refractivity contribution is 5.98. The van der Waals surface area contributed by atoms with E-state index in [1.54, 1.807) is 0 Å². The first-order valence-corrected chi connectivity index (χ1v) is 11.2. The van der Waals surface area contributed by atoms with Gasteiger partial charge in [-0.25, -0.2) is 0 Å². The fourth-order valence-corrected chi connectivity index (χ4v) is 4.58. The Morgan fingerprint density at radius 1 is 0.833 bits per heavy atom. The van der Waals surface area contributed by atoms with Crippen LogP contribution in [0.2, 0.25) is 0 Å². The molecular weight excluding hydrogens is 378 g/mol. The number of carbonyl (C=O) groups is 3. The van der Waals surface area contributed by atoms with Gasteiger partial charge in [0.05, 0.1) is 6.54 Å². The van der Waals surface area contributed by atoms with Gasteiger partial charge < -0.3 is 9.80 Å². The standard InChI is InChI=1S/C24H35N3O3/c1-18-4-6-21(7-5-18)22(28)8-9-23(29)26-12-10-25(11-13-26)17-24(30)27-15-19(2)14-20(3)16-27/h4-7,19-20H,8-17H2,1-3H3. The van der Waals surface area contributed by atoms with Gasteiger partial charge in [0.2, 0.25) is 11.8 Å². The molecule has 1 aromatic rings. The van der Waals surface area contributed by atoms with Gasteiger partial charge in [-0.1, -0.05) is 43.7 Å². The molecule has 0 N–H and O–H groups in total. The fourth-order valence-electron chi connectivity index (χ4n) is 4.58. The summed E-state index contributed by atoms with van der Waals surface area (Å²) in [5.41, 5.74) is 1.78. The van der Waals surface area contributed by atoms with Crippen LogP contribution in [0.3, 0.4) is 0 Å². The molecule has 2 aliphatic heterocycles. The molecule has 2 amide bonds. The summed E-state index contributed by atoms with van der Waals surface area (Å²) in [4.78, 5) is 43.5. The molecule has 0 bridgehead atoms. The second-order valence-electron chi connectivity index (χ2n) is 9.19. The van der Waals surface area contributed by atoms with Crippen LogP contribution < -0.4 is 0 Å². The van der Waals surface area contributed by atoms with Crippen molar-refractivity contribution >= 4 is 17.6 Å². The number of piperazine rings is 1. The van der Waals surface area contributed by atoms with Crippen LogP contribution in [0.1, 0.15) is 49.0 Å². The average molecular weight is 414 g/mol. The first kappa shape index (κ1) is 22.5. The largest absolute Gasteiger partial charge is 0.341 e. The van der Waals surface area contributed by atoms with E-state index in [1.807, 2.05) is 41.0 Å². The summed E-state index contributed by atoms with van der Waals surface area (Å²) in [5.74, 6) is 1.37. The lowest BCUT2D eigenvalue weighted by molar-refractivity contribution is -0.136. The molecule has 0 spiro atoms. The van der Waals surface area contributed by atoms with Gasteiger partial charge in [-0.3, -0.25) is 19.3 Å². The molecule has 30 heavy (non-hydrogen) atoms. The molecule has 0 aliphatic carbocycles. The number of ketones is 1. The highest BCUT2D eigenvalue weighted by Gasteiger charge is 2.28. The topological polar surface area (TPSA) is 60.9 Å². The van der Waals surface area contributed by atoms with Gasteiger partial charge in [0.1, 0.15) is 0 Å². The summed E-state index contributed by atoms with van der Waals surface area (Å²) >= 11 is 0. The third-order valence-corrected chi connectivity index (χ3v) is 6.24. The molecule has 6 nitrogen and oxygen atoms in total. The molecule has 3 rings (SSSR count). The lowest BCUT2D eigenvalue weighted by Gasteiger charge is -2.38. The van der Waals surface area contributed by atoms with Crippen molar-refractivity contribution in [2.75, 3.05) is 45.8 Å². The fraction of sp³-hybridized carbons (Fsp3) is 0.625. The van der Waals surface area contributed by atoms with Gasteiger partial charge in [0.15, 0.2) is 5.78 Å². The summed E-state index contributed by atoms with van der Waals surface area (Å²) in [6.07, 6.45) is 1.68. The van der Waals surface area contributed by atoms with Crippen LogP contribution in [0.4, 0.5) is 0 Å². The van der Waals surface area contributed by atoms with E-state index in [-0.39, 0.29) is 30.4 Å². The number of rotatable bonds is 6. The minimum absolute atomic E-state index is 0.0116. The summed E-state index contributed by atoms with van der Waals surface area (Å²) in [6, 6.07) is 7.48. The molecule has 2 aliphatic rings. The Kier molecular flexibility index (Phi) is 7.64. The van der Waals surface area contributed by atoms with Crippen molar-refractivity contribution in [2.24, 2.45) is 11.8 Å². The van der Waals surface area contributed by atoms with Crippen molar-refractivity contribution in [3.05, 3.63) is 35.4 Å². The van der Waals surface area contributed by atoms with Crippen LogP contribution in [0.5, 0.6) is 0 Å². The van der Waals surface area contributed by atoms with E-state index in [0.717, 1.165) is 18.7 Å². The maximum Gasteiger partial charge on any atom is 0.236 e. The lowest BCUT2D eigenvalue weighted by Crippen LogP contribution is -2.53. The molecule has 1 aromatic carbocycles. The maximum absolute atomic E-state index is 12.7. The number of Topliss-reactive ketones (excluding diaryl/α,β-unsaturated/α-hetero) is 1. The van der Waals surface area contributed by atoms with E-state index >= 15 is 0 Å². The van der Waals surface area contributed by atoms with E-state index in [0.29, 0.717) is 50.1 Å². The van der Waals surface area contributed by atoms with Crippen molar-refractivity contribution in [1.82, 2.24) is 14.7 Å². The Hall–Kier alpha value is -2.21. The van der Waals surface area contributed by atoms with Crippen LogP contribution in [0.15, 0.2) is 24.3 Å². The van der Waals surface area contributed by atoms with E-state index in [9.17, 15) is 14.4 Å². The van der Waals surface area contributed by atoms with Crippen molar-refractivity contribution in [2.45, 2.75) is 40.0 Å². The van der Waals surface area contributed by atoms with E-state index < -0.39 is 0 Å². The maximum atomic E-state index is 12.7. The van der Waals surface area contributed by atoms with Crippen molar-refractivity contribution in [3.63, 3.8) is 0 Å². The number of benzene rings is 1. The number of carbonyl (C=O) groups excluding carboxylic acids is 3. The Bertz CT molecular complexity index is 743. The molecule has 2 saturated heterocycles. The molecule has 6 heteroatoms. The summed E-state index contributed by atoms with van der Waals surface area (Å²) in [5, 5.41) is 0. The molecule has 164 valence electrons. The first-order chi connectivity index (χ1) is 14.3. The zero-order valence-electron chi connectivity index (χ0n) is 18.6. The number of amides is 2. The van der Waals surface area contributed by atoms with E-state index in [1.165, 1.54) is 6.42 Å². The Morgan fingerprint density at radius 3 is 2.03 bits per heavy atom. The lowest BCUT2D eigenvalue weighted by atomic mass is 9.92. The Labute approximate surface area is 180 Å². The van der Waals surface area contributed by atoms with Crippen LogP contribution in [-0.2, 0) is 9.59 Å². The molecule has 2 heterocycles. The third-order valence-electron chi connectivity index (χ3n) is 6.24. The number of hydrogen-bond donors (Lipinski definition) is 0. The number of aryl methyl sites for hydroxylation is 1. The number of nitrogens with zero attached hydrogens (tertiary/aromatic N) is 3. The molecule has 2 unspecified atom stereocenters. The summed E-state index contributed by atoms with van der Waals surface area (Å²) in [6.45, 7) is 11.2. The molecule has 2 fully saturated rings. The predicted octanol–water partition coefficient (Wildman–Crippen LogP) is 2.61. The van der Waals surface area contributed by atoms with Crippen LogP contribution >= 0.6 is 0 Å². The highest BCUT2D eigenvalue weighted by Crippen LogP contribution is 2.21. The number of likely N-dealkylation sites (tertiary alicyclic amines) is 1. The van der Waals surface area contributed by atoms with Gasteiger partial charge in [-0.05, 0) is 25.2 Å². The van der Waals surface area contributed by atoms with Gasteiger partial charge in [0, 0.05) is 57.7 Å². The molecule has 2 atom stereocenters. The van der Waals surface area contributed by atoms with Gasteiger partial charge in [0.25, 0.3) is 0 Å². The average Bonchev–Trinajstić information content (AvgIpc) is 2.72. The van der Waals surface area contributed by atoms with E-state index in [4.69, 9.17) is 0 Å². The van der Waals surface area contributed by atoms with Gasteiger partial charge in [-0.15, -0.1) is 0 Å². The normalized spacial score (nSPS) is 22.8. The monoisotopic (exact) mass is 413 g/mol. The zero-order valence-corrected chi connectivity index (χ0v) is 18.6. The van der Waals surface area contributed by atoms with Gasteiger partial charge in [-0.2, -0.15) is 0 Å². The summed E-state index contributed by atoms with van der Waals surface area (Å²) < 4.78 is 0.